The second-order valence-corrected chi connectivity index (χ2v) is 6.06. The monoisotopic (exact) mass is 310 g/mol. The summed E-state index contributed by atoms with van der Waals surface area (Å²) in [6.45, 7) is 4.43. The third-order valence-corrected chi connectivity index (χ3v) is 4.49. The smallest absolute Gasteiger partial charge is 0.00628 e. The van der Waals surface area contributed by atoms with Crippen LogP contribution in [0.4, 0.5) is 0 Å². The molecule has 0 heterocycles. The van der Waals surface area contributed by atoms with Gasteiger partial charge < -0.3 is 0 Å². The summed E-state index contributed by atoms with van der Waals surface area (Å²) in [6.07, 6.45) is 9.54. The predicted octanol–water partition coefficient (Wildman–Crippen LogP) is 5.91. The zero-order chi connectivity index (χ0) is 13.2. The van der Waals surface area contributed by atoms with Crippen molar-refractivity contribution in [3.05, 3.63) is 35.4 Å². The molecule has 0 aliphatic heterocycles. The van der Waals surface area contributed by atoms with E-state index in [9.17, 15) is 0 Å². The van der Waals surface area contributed by atoms with E-state index in [1.165, 1.54) is 56.1 Å². The molecule has 0 aliphatic carbocycles. The van der Waals surface area contributed by atoms with Crippen molar-refractivity contribution in [2.24, 2.45) is 5.92 Å². The van der Waals surface area contributed by atoms with Crippen molar-refractivity contribution in [3.63, 3.8) is 0 Å². The van der Waals surface area contributed by atoms with Crippen molar-refractivity contribution >= 4 is 15.9 Å². The highest BCUT2D eigenvalue weighted by Crippen LogP contribution is 2.19. The van der Waals surface area contributed by atoms with Crippen LogP contribution in [-0.2, 0) is 6.42 Å². The maximum absolute atomic E-state index is 3.67. The Morgan fingerprint density at radius 1 is 1.00 bits per heavy atom. The minimum absolute atomic E-state index is 0.800. The third-order valence-electron chi connectivity index (χ3n) is 3.58. The molecule has 0 N–H and O–H groups in total. The summed E-state index contributed by atoms with van der Waals surface area (Å²) in [5.41, 5.74) is 2.84. The first-order valence-electron chi connectivity index (χ1n) is 7.37. The lowest BCUT2D eigenvalue weighted by molar-refractivity contribution is 0.492. The molecule has 1 atom stereocenters. The summed E-state index contributed by atoms with van der Waals surface area (Å²) in [6, 6.07) is 9.01. The molecule has 102 valence electrons. The second kappa shape index (κ2) is 9.61. The van der Waals surface area contributed by atoms with Gasteiger partial charge in [-0.15, -0.1) is 0 Å². The SMILES string of the molecule is CCCCCCCC(CBr)Cc1ccc(C)cc1. The first kappa shape index (κ1) is 15.8. The average molecular weight is 311 g/mol. The minimum atomic E-state index is 0.800. The van der Waals surface area contributed by atoms with E-state index in [1.807, 2.05) is 0 Å². The van der Waals surface area contributed by atoms with Gasteiger partial charge in [-0.2, -0.15) is 0 Å². The Kier molecular flexibility index (Phi) is 8.41. The largest absolute Gasteiger partial charge is 0.0925 e. The molecule has 1 rings (SSSR count). The van der Waals surface area contributed by atoms with Crippen LogP contribution in [0.3, 0.4) is 0 Å². The van der Waals surface area contributed by atoms with Gasteiger partial charge in [-0.3, -0.25) is 0 Å². The number of unbranched alkanes of at least 4 members (excludes halogenated alkanes) is 4. The van der Waals surface area contributed by atoms with Gasteiger partial charge in [0.15, 0.2) is 0 Å². The Labute approximate surface area is 121 Å². The highest BCUT2D eigenvalue weighted by Gasteiger charge is 2.08. The summed E-state index contributed by atoms with van der Waals surface area (Å²) in [7, 11) is 0. The van der Waals surface area contributed by atoms with E-state index in [1.54, 1.807) is 0 Å². The fourth-order valence-electron chi connectivity index (χ4n) is 2.33. The molecular weight excluding hydrogens is 284 g/mol. The molecule has 0 fully saturated rings. The van der Waals surface area contributed by atoms with Crippen LogP contribution in [0.5, 0.6) is 0 Å². The highest BCUT2D eigenvalue weighted by atomic mass is 79.9. The molecule has 0 amide bonds. The van der Waals surface area contributed by atoms with Crippen LogP contribution >= 0.6 is 15.9 Å². The van der Waals surface area contributed by atoms with Crippen LogP contribution in [0.2, 0.25) is 0 Å². The molecule has 0 aliphatic rings. The number of halogens is 1. The fraction of sp³-hybridized carbons (Fsp3) is 0.647. The van der Waals surface area contributed by atoms with Crippen LogP contribution in [0.15, 0.2) is 24.3 Å². The highest BCUT2D eigenvalue weighted by molar-refractivity contribution is 9.09. The molecule has 0 aromatic heterocycles. The number of hydrogen-bond acceptors (Lipinski definition) is 0. The normalized spacial score (nSPS) is 12.6. The van der Waals surface area contributed by atoms with Crippen molar-refractivity contribution < 1.29 is 0 Å². The van der Waals surface area contributed by atoms with Gasteiger partial charge in [-0.05, 0) is 31.2 Å². The van der Waals surface area contributed by atoms with Crippen LogP contribution in [0.25, 0.3) is 0 Å². The first-order chi connectivity index (χ1) is 8.76. The summed E-state index contributed by atoms with van der Waals surface area (Å²) in [4.78, 5) is 0. The summed E-state index contributed by atoms with van der Waals surface area (Å²) in [5, 5.41) is 1.13. The van der Waals surface area contributed by atoms with E-state index >= 15 is 0 Å². The Bertz CT molecular complexity index is 302. The zero-order valence-corrected chi connectivity index (χ0v) is 13.5. The van der Waals surface area contributed by atoms with Crippen molar-refractivity contribution in [1.29, 1.82) is 0 Å². The van der Waals surface area contributed by atoms with Crippen molar-refractivity contribution in [2.45, 2.75) is 58.8 Å². The first-order valence-corrected chi connectivity index (χ1v) is 8.50. The zero-order valence-electron chi connectivity index (χ0n) is 11.9. The van der Waals surface area contributed by atoms with Crippen LogP contribution in [0.1, 0.15) is 56.6 Å². The molecular formula is C17H27Br. The molecule has 0 spiro atoms. The summed E-state index contributed by atoms with van der Waals surface area (Å²) < 4.78 is 0. The minimum Gasteiger partial charge on any atom is -0.0925 e. The second-order valence-electron chi connectivity index (χ2n) is 5.41. The lowest BCUT2D eigenvalue weighted by atomic mass is 9.95. The molecule has 0 bridgehead atoms. The van der Waals surface area contributed by atoms with Gasteiger partial charge in [0.05, 0.1) is 0 Å². The van der Waals surface area contributed by atoms with E-state index in [4.69, 9.17) is 0 Å². The molecule has 1 aromatic rings. The Morgan fingerprint density at radius 2 is 1.67 bits per heavy atom. The summed E-state index contributed by atoms with van der Waals surface area (Å²) >= 11 is 3.67. The predicted molar refractivity (Wildman–Crippen MR) is 85.5 cm³/mol. The van der Waals surface area contributed by atoms with E-state index in [0.29, 0.717) is 0 Å². The molecule has 1 heteroatoms. The van der Waals surface area contributed by atoms with Crippen LogP contribution < -0.4 is 0 Å². The van der Waals surface area contributed by atoms with Crippen LogP contribution in [0, 0.1) is 12.8 Å². The van der Waals surface area contributed by atoms with Gasteiger partial charge >= 0.3 is 0 Å². The lowest BCUT2D eigenvalue weighted by Gasteiger charge is -2.14. The molecule has 18 heavy (non-hydrogen) atoms. The summed E-state index contributed by atoms with van der Waals surface area (Å²) in [5.74, 6) is 0.800. The van der Waals surface area contributed by atoms with Gasteiger partial charge in [-0.1, -0.05) is 84.8 Å². The standard InChI is InChI=1S/C17H27Br/c1-3-4-5-6-7-8-17(14-18)13-16-11-9-15(2)10-12-16/h9-12,17H,3-8,13-14H2,1-2H3. The molecule has 0 saturated carbocycles. The molecule has 0 radical (unpaired) electrons. The van der Waals surface area contributed by atoms with E-state index in [0.717, 1.165) is 11.2 Å². The van der Waals surface area contributed by atoms with Gasteiger partial charge in [-0.25, -0.2) is 0 Å². The van der Waals surface area contributed by atoms with Crippen LogP contribution in [-0.4, -0.2) is 5.33 Å². The lowest BCUT2D eigenvalue weighted by Crippen LogP contribution is -2.06. The Hall–Kier alpha value is -0.300. The number of hydrogen-bond donors (Lipinski definition) is 0. The Morgan fingerprint density at radius 3 is 2.28 bits per heavy atom. The molecule has 1 aromatic carbocycles. The Balaban J connectivity index is 2.26. The topological polar surface area (TPSA) is 0 Å². The van der Waals surface area contributed by atoms with Gasteiger partial charge in [0.1, 0.15) is 0 Å². The maximum Gasteiger partial charge on any atom is 0.00628 e. The number of alkyl halides is 1. The third kappa shape index (κ3) is 6.58. The fourth-order valence-corrected chi connectivity index (χ4v) is 2.88. The number of benzene rings is 1. The maximum atomic E-state index is 3.67. The molecule has 0 nitrogen and oxygen atoms in total. The number of rotatable bonds is 9. The van der Waals surface area contributed by atoms with Crippen molar-refractivity contribution in [1.82, 2.24) is 0 Å². The van der Waals surface area contributed by atoms with Crippen molar-refractivity contribution in [2.75, 3.05) is 5.33 Å². The van der Waals surface area contributed by atoms with E-state index in [-0.39, 0.29) is 0 Å². The molecule has 1 unspecified atom stereocenters. The van der Waals surface area contributed by atoms with Crippen molar-refractivity contribution in [3.8, 4) is 0 Å². The average Bonchev–Trinajstić information content (AvgIpc) is 2.39. The van der Waals surface area contributed by atoms with E-state index < -0.39 is 0 Å². The van der Waals surface area contributed by atoms with Gasteiger partial charge in [0.25, 0.3) is 0 Å². The number of aryl methyl sites for hydroxylation is 1. The van der Waals surface area contributed by atoms with E-state index in [2.05, 4.69) is 54.0 Å². The van der Waals surface area contributed by atoms with Gasteiger partial charge in [0.2, 0.25) is 0 Å². The molecule has 0 saturated heterocycles. The van der Waals surface area contributed by atoms with Gasteiger partial charge in [0, 0.05) is 5.33 Å². The quantitative estimate of drug-likeness (QED) is 0.393.